The van der Waals surface area contributed by atoms with Gasteiger partial charge in [-0.05, 0) is 25.3 Å². The Balaban J connectivity index is 2.73. The molecule has 0 aromatic heterocycles. The second-order valence-electron chi connectivity index (χ2n) is 6.68. The van der Waals surface area contributed by atoms with E-state index in [-0.39, 0.29) is 11.6 Å². The third kappa shape index (κ3) is 3.97. The van der Waals surface area contributed by atoms with Crippen LogP contribution in [0, 0.1) is 5.92 Å². The molecule has 2 aromatic rings. The Morgan fingerprint density at radius 1 is 1.04 bits per heavy atom. The van der Waals surface area contributed by atoms with E-state index in [1.807, 2.05) is 80.6 Å². The molecule has 0 amide bonds. The number of aliphatic hydroxyl groups excluding tert-OH is 1. The van der Waals surface area contributed by atoms with Gasteiger partial charge in [-0.2, -0.15) is 0 Å². The van der Waals surface area contributed by atoms with E-state index in [1.54, 1.807) is 0 Å². The molecule has 25 heavy (non-hydrogen) atoms. The van der Waals surface area contributed by atoms with Crippen molar-refractivity contribution in [1.82, 2.24) is 0 Å². The van der Waals surface area contributed by atoms with Crippen molar-refractivity contribution in [2.24, 2.45) is 5.92 Å². The number of rotatable bonds is 7. The first-order valence-electron chi connectivity index (χ1n) is 8.98. The average Bonchev–Trinajstić information content (AvgIpc) is 2.68. The van der Waals surface area contributed by atoms with E-state index < -0.39 is 13.2 Å². The summed E-state index contributed by atoms with van der Waals surface area (Å²) < 4.78 is 14.6. The van der Waals surface area contributed by atoms with Crippen LogP contribution >= 0.6 is 7.14 Å². The molecular weight excluding hydrogens is 327 g/mol. The molecule has 0 aliphatic rings. The van der Waals surface area contributed by atoms with E-state index in [1.165, 1.54) is 0 Å². The zero-order chi connectivity index (χ0) is 18.4. The fourth-order valence-corrected chi connectivity index (χ4v) is 7.12. The monoisotopic (exact) mass is 356 g/mol. The van der Waals surface area contributed by atoms with Gasteiger partial charge < -0.3 is 9.67 Å². The third-order valence-corrected chi connectivity index (χ3v) is 8.93. The smallest absolute Gasteiger partial charge is 0.149 e. The highest BCUT2D eigenvalue weighted by molar-refractivity contribution is 7.79. The van der Waals surface area contributed by atoms with Crippen LogP contribution in [-0.4, -0.2) is 16.9 Å². The maximum Gasteiger partial charge on any atom is 0.149 e. The van der Waals surface area contributed by atoms with Crippen molar-refractivity contribution in [3.05, 3.63) is 72.3 Å². The van der Waals surface area contributed by atoms with Gasteiger partial charge >= 0.3 is 0 Å². The first kappa shape index (κ1) is 19.7. The van der Waals surface area contributed by atoms with Gasteiger partial charge in [0.05, 0.1) is 11.8 Å². The first-order chi connectivity index (χ1) is 12.0. The van der Waals surface area contributed by atoms with Crippen molar-refractivity contribution in [3.63, 3.8) is 0 Å². The summed E-state index contributed by atoms with van der Waals surface area (Å²) in [5.41, 5.74) is 0.524. The van der Waals surface area contributed by atoms with Gasteiger partial charge in [-0.1, -0.05) is 87.0 Å². The van der Waals surface area contributed by atoms with Crippen molar-refractivity contribution in [2.75, 3.05) is 0 Å². The van der Waals surface area contributed by atoms with E-state index in [4.69, 9.17) is 0 Å². The van der Waals surface area contributed by atoms with Gasteiger partial charge in [0.25, 0.3) is 0 Å². The second kappa shape index (κ2) is 8.65. The van der Waals surface area contributed by atoms with Gasteiger partial charge in [0.2, 0.25) is 0 Å². The van der Waals surface area contributed by atoms with Crippen LogP contribution in [0.2, 0.25) is 0 Å². The maximum absolute atomic E-state index is 14.6. The lowest BCUT2D eigenvalue weighted by Crippen LogP contribution is -2.39. The molecule has 2 aromatic carbocycles. The molecule has 0 aliphatic carbocycles. The van der Waals surface area contributed by atoms with Crippen LogP contribution < -0.4 is 10.6 Å². The highest BCUT2D eigenvalue weighted by atomic mass is 31.2. The number of aliphatic hydroxyl groups is 1. The molecule has 0 heterocycles. The summed E-state index contributed by atoms with van der Waals surface area (Å²) >= 11 is 0. The Hall–Kier alpha value is -1.63. The summed E-state index contributed by atoms with van der Waals surface area (Å²) in [6.45, 7) is 8.02. The fraction of sp³-hybridized carbons (Fsp3) is 0.364. The minimum Gasteiger partial charge on any atom is -0.388 e. The Morgan fingerprint density at radius 2 is 1.48 bits per heavy atom. The first-order valence-corrected chi connectivity index (χ1v) is 10.8. The Bertz CT molecular complexity index is 694. The topological polar surface area (TPSA) is 37.3 Å². The molecular formula is C22H29O2P. The number of hydrogen-bond donors (Lipinski definition) is 1. The minimum absolute atomic E-state index is 0.121. The molecule has 0 fully saturated rings. The van der Waals surface area contributed by atoms with Crippen molar-refractivity contribution < 1.29 is 9.67 Å². The Labute approximate surface area is 152 Å². The lowest BCUT2D eigenvalue weighted by atomic mass is 9.96. The lowest BCUT2D eigenvalue weighted by molar-refractivity contribution is 0.181. The average molecular weight is 356 g/mol. The standard InChI is InChI=1S/C22H29O2P/c1-5-17(3)21(23)22(18(4)6-2)25(24,19-13-9-7-10-14-19)20-15-11-8-12-16-20/h5,7-16,18,21-23H,6H2,1-4H3/b17-5+. The molecule has 0 spiro atoms. The predicted molar refractivity (Wildman–Crippen MR) is 108 cm³/mol. The maximum atomic E-state index is 14.6. The van der Waals surface area contributed by atoms with Gasteiger partial charge in [-0.25, -0.2) is 0 Å². The molecule has 0 bridgehead atoms. The van der Waals surface area contributed by atoms with Gasteiger partial charge in [0.15, 0.2) is 0 Å². The SMILES string of the molecule is C/C=C(\C)C(O)C(C(C)CC)P(=O)(c1ccccc1)c1ccccc1. The lowest BCUT2D eigenvalue weighted by Gasteiger charge is -2.36. The number of allylic oxidation sites excluding steroid dienone is 1. The van der Waals surface area contributed by atoms with Crippen LogP contribution in [0.1, 0.15) is 34.1 Å². The summed E-state index contributed by atoms with van der Waals surface area (Å²) in [7, 11) is -3.02. The zero-order valence-electron chi connectivity index (χ0n) is 15.6. The number of hydrogen-bond acceptors (Lipinski definition) is 2. The van der Waals surface area contributed by atoms with Crippen LogP contribution in [0.3, 0.4) is 0 Å². The van der Waals surface area contributed by atoms with Gasteiger partial charge in [0, 0.05) is 10.6 Å². The molecule has 0 saturated carbocycles. The molecule has 2 nitrogen and oxygen atoms in total. The van der Waals surface area contributed by atoms with E-state index in [0.29, 0.717) is 0 Å². The molecule has 0 saturated heterocycles. The fourth-order valence-electron chi connectivity index (χ4n) is 3.34. The molecule has 1 N–H and O–H groups in total. The highest BCUT2D eigenvalue weighted by Crippen LogP contribution is 2.54. The van der Waals surface area contributed by atoms with Crippen molar-refractivity contribution in [3.8, 4) is 0 Å². The van der Waals surface area contributed by atoms with Crippen LogP contribution in [-0.2, 0) is 4.57 Å². The summed E-state index contributed by atoms with van der Waals surface area (Å²) in [6.07, 6.45) is 2.05. The Morgan fingerprint density at radius 3 is 1.84 bits per heavy atom. The van der Waals surface area contributed by atoms with E-state index in [2.05, 4.69) is 13.8 Å². The highest BCUT2D eigenvalue weighted by Gasteiger charge is 2.43. The summed E-state index contributed by atoms with van der Waals surface area (Å²) in [5.74, 6) is 0.121. The normalized spacial score (nSPS) is 16.3. The summed E-state index contributed by atoms with van der Waals surface area (Å²) in [5, 5.41) is 12.7. The Kier molecular flexibility index (Phi) is 6.81. The largest absolute Gasteiger partial charge is 0.388 e. The van der Waals surface area contributed by atoms with Gasteiger partial charge in [-0.3, -0.25) is 0 Å². The molecule has 0 aliphatic heterocycles. The van der Waals surface area contributed by atoms with Crippen molar-refractivity contribution in [1.29, 1.82) is 0 Å². The number of benzene rings is 2. The molecule has 2 rings (SSSR count). The molecule has 3 heteroatoms. The zero-order valence-corrected chi connectivity index (χ0v) is 16.5. The van der Waals surface area contributed by atoms with Crippen LogP contribution in [0.5, 0.6) is 0 Å². The molecule has 0 radical (unpaired) electrons. The van der Waals surface area contributed by atoms with E-state index in [0.717, 1.165) is 22.6 Å². The molecule has 3 unspecified atom stereocenters. The minimum atomic E-state index is -3.02. The van der Waals surface area contributed by atoms with E-state index in [9.17, 15) is 9.67 Å². The van der Waals surface area contributed by atoms with Crippen molar-refractivity contribution in [2.45, 2.75) is 45.9 Å². The van der Waals surface area contributed by atoms with Gasteiger partial charge in [-0.15, -0.1) is 0 Å². The quantitative estimate of drug-likeness (QED) is 0.575. The van der Waals surface area contributed by atoms with E-state index >= 15 is 0 Å². The van der Waals surface area contributed by atoms with Gasteiger partial charge in [0.1, 0.15) is 7.14 Å². The molecule has 134 valence electrons. The third-order valence-electron chi connectivity index (χ3n) is 5.17. The predicted octanol–water partition coefficient (Wildman–Crippen LogP) is 4.74. The van der Waals surface area contributed by atoms with Crippen LogP contribution in [0.4, 0.5) is 0 Å². The van der Waals surface area contributed by atoms with Crippen LogP contribution in [0.15, 0.2) is 72.3 Å². The second-order valence-corrected chi connectivity index (χ2v) is 9.63. The summed E-state index contributed by atoms with van der Waals surface area (Å²) in [4.78, 5) is 0. The van der Waals surface area contributed by atoms with Crippen molar-refractivity contribution >= 4 is 17.8 Å². The summed E-state index contributed by atoms with van der Waals surface area (Å²) in [6, 6.07) is 19.3. The molecule has 3 atom stereocenters. The van der Waals surface area contributed by atoms with Crippen LogP contribution in [0.25, 0.3) is 0 Å².